The molecule has 5 heteroatoms. The van der Waals surface area contributed by atoms with Crippen molar-refractivity contribution < 1.29 is 4.39 Å². The van der Waals surface area contributed by atoms with Crippen LogP contribution in [0.3, 0.4) is 0 Å². The van der Waals surface area contributed by atoms with Gasteiger partial charge in [0.25, 0.3) is 0 Å². The molecule has 1 heterocycles. The van der Waals surface area contributed by atoms with Crippen LogP contribution in [0, 0.1) is 19.7 Å². The molecule has 0 bridgehead atoms. The summed E-state index contributed by atoms with van der Waals surface area (Å²) in [4.78, 5) is 7.54. The summed E-state index contributed by atoms with van der Waals surface area (Å²) in [5, 5.41) is 3.18. The average molecular weight is 298 g/mol. The second-order valence-corrected chi connectivity index (χ2v) is 4.73. The first-order valence-electron chi connectivity index (χ1n) is 5.27. The Balaban J connectivity index is 2.04. The first kappa shape index (κ1) is 12.1. The van der Waals surface area contributed by atoms with E-state index >= 15 is 0 Å². The van der Waals surface area contributed by atoms with Crippen LogP contribution in [0.25, 0.3) is 0 Å². The van der Waals surface area contributed by atoms with Gasteiger partial charge in [0.15, 0.2) is 0 Å². The number of aromatic nitrogens is 2. The Labute approximate surface area is 108 Å². The van der Waals surface area contributed by atoms with Crippen molar-refractivity contribution in [2.75, 3.05) is 5.32 Å². The second-order valence-electron chi connectivity index (χ2n) is 3.88. The highest BCUT2D eigenvalue weighted by Crippen LogP contribution is 2.20. The number of imidazole rings is 1. The van der Waals surface area contributed by atoms with Crippen LogP contribution in [0.5, 0.6) is 0 Å². The molecule has 0 saturated carbocycles. The van der Waals surface area contributed by atoms with Gasteiger partial charge in [-0.25, -0.2) is 9.37 Å². The number of rotatable bonds is 3. The third-order valence-electron chi connectivity index (χ3n) is 2.56. The third-order valence-corrected chi connectivity index (χ3v) is 3.16. The molecule has 0 aliphatic heterocycles. The zero-order chi connectivity index (χ0) is 12.4. The van der Waals surface area contributed by atoms with Crippen molar-refractivity contribution in [3.8, 4) is 0 Å². The highest BCUT2D eigenvalue weighted by Gasteiger charge is 2.03. The van der Waals surface area contributed by atoms with E-state index in [2.05, 4.69) is 31.2 Å². The van der Waals surface area contributed by atoms with Gasteiger partial charge in [-0.2, -0.15) is 0 Å². The third kappa shape index (κ3) is 2.85. The van der Waals surface area contributed by atoms with Gasteiger partial charge in [-0.1, -0.05) is 0 Å². The fraction of sp³-hybridized carbons (Fsp3) is 0.250. The predicted octanol–water partition coefficient (Wildman–Crippen LogP) is 3.54. The van der Waals surface area contributed by atoms with Gasteiger partial charge in [0.2, 0.25) is 0 Å². The number of benzene rings is 1. The van der Waals surface area contributed by atoms with Gasteiger partial charge in [-0.3, -0.25) is 0 Å². The van der Waals surface area contributed by atoms with Crippen LogP contribution >= 0.6 is 15.9 Å². The number of halogens is 2. The first-order chi connectivity index (χ1) is 8.06. The highest BCUT2D eigenvalue weighted by molar-refractivity contribution is 9.10. The van der Waals surface area contributed by atoms with Crippen LogP contribution in [-0.4, -0.2) is 9.97 Å². The summed E-state index contributed by atoms with van der Waals surface area (Å²) in [7, 11) is 0. The van der Waals surface area contributed by atoms with Crippen LogP contribution in [0.4, 0.5) is 10.1 Å². The molecule has 2 rings (SSSR count). The summed E-state index contributed by atoms with van der Waals surface area (Å²) in [6.07, 6.45) is 0. The molecule has 17 heavy (non-hydrogen) atoms. The Morgan fingerprint density at radius 3 is 2.76 bits per heavy atom. The molecule has 0 atom stereocenters. The van der Waals surface area contributed by atoms with Crippen LogP contribution in [0.2, 0.25) is 0 Å². The van der Waals surface area contributed by atoms with Crippen LogP contribution < -0.4 is 5.32 Å². The zero-order valence-corrected chi connectivity index (χ0v) is 11.2. The average Bonchev–Trinajstić information content (AvgIpc) is 2.60. The first-order valence-corrected chi connectivity index (χ1v) is 6.06. The van der Waals surface area contributed by atoms with Crippen LogP contribution in [0.1, 0.15) is 17.2 Å². The van der Waals surface area contributed by atoms with Crippen molar-refractivity contribution in [1.82, 2.24) is 9.97 Å². The van der Waals surface area contributed by atoms with E-state index in [-0.39, 0.29) is 5.82 Å². The van der Waals surface area contributed by atoms with Crippen molar-refractivity contribution in [2.24, 2.45) is 0 Å². The molecule has 90 valence electrons. The van der Waals surface area contributed by atoms with E-state index in [1.54, 1.807) is 12.1 Å². The molecule has 0 aliphatic carbocycles. The van der Waals surface area contributed by atoms with Gasteiger partial charge in [0.05, 0.1) is 16.7 Å². The normalized spacial score (nSPS) is 10.6. The van der Waals surface area contributed by atoms with Gasteiger partial charge < -0.3 is 10.3 Å². The van der Waals surface area contributed by atoms with E-state index in [1.807, 2.05) is 13.8 Å². The van der Waals surface area contributed by atoms with E-state index < -0.39 is 0 Å². The molecular formula is C12H13BrFN3. The Bertz CT molecular complexity index is 517. The lowest BCUT2D eigenvalue weighted by atomic mass is 10.3. The van der Waals surface area contributed by atoms with Crippen LogP contribution in [0.15, 0.2) is 22.7 Å². The highest BCUT2D eigenvalue weighted by atomic mass is 79.9. The molecule has 0 aliphatic rings. The molecule has 0 saturated heterocycles. The van der Waals surface area contributed by atoms with E-state index in [1.165, 1.54) is 6.07 Å². The van der Waals surface area contributed by atoms with Crippen LogP contribution in [-0.2, 0) is 6.54 Å². The Morgan fingerprint density at radius 2 is 2.18 bits per heavy atom. The fourth-order valence-electron chi connectivity index (χ4n) is 1.50. The summed E-state index contributed by atoms with van der Waals surface area (Å²) in [5.74, 6) is 0.612. The van der Waals surface area contributed by atoms with E-state index in [9.17, 15) is 4.39 Å². The van der Waals surface area contributed by atoms with Gasteiger partial charge >= 0.3 is 0 Å². The summed E-state index contributed by atoms with van der Waals surface area (Å²) in [5.41, 5.74) is 2.93. The molecule has 2 N–H and O–H groups in total. The Morgan fingerprint density at radius 1 is 1.41 bits per heavy atom. The molecule has 0 radical (unpaired) electrons. The number of nitrogens with one attached hydrogen (secondary N) is 2. The lowest BCUT2D eigenvalue weighted by Gasteiger charge is -2.05. The minimum Gasteiger partial charge on any atom is -0.378 e. The Kier molecular flexibility index (Phi) is 3.47. The van der Waals surface area contributed by atoms with Gasteiger partial charge in [0, 0.05) is 11.4 Å². The maximum atomic E-state index is 13.0. The summed E-state index contributed by atoms with van der Waals surface area (Å²) < 4.78 is 13.5. The zero-order valence-electron chi connectivity index (χ0n) is 9.64. The van der Waals surface area contributed by atoms with E-state index in [0.717, 1.165) is 22.9 Å². The quantitative estimate of drug-likeness (QED) is 0.910. The molecule has 1 aromatic carbocycles. The number of aryl methyl sites for hydroxylation is 2. The smallest absolute Gasteiger partial charge is 0.137 e. The Hall–Kier alpha value is -1.36. The number of H-pyrrole nitrogens is 1. The number of hydrogen-bond donors (Lipinski definition) is 2. The topological polar surface area (TPSA) is 40.7 Å². The molecule has 2 aromatic rings. The summed E-state index contributed by atoms with van der Waals surface area (Å²) in [6, 6.07) is 4.83. The van der Waals surface area contributed by atoms with Crippen molar-refractivity contribution >= 4 is 21.6 Å². The second kappa shape index (κ2) is 4.87. The summed E-state index contributed by atoms with van der Waals surface area (Å²) in [6.45, 7) is 4.54. The molecule has 1 aromatic heterocycles. The lowest BCUT2D eigenvalue weighted by Crippen LogP contribution is -2.01. The number of nitrogens with zero attached hydrogens (tertiary/aromatic N) is 1. The number of hydrogen-bond acceptors (Lipinski definition) is 2. The molecule has 0 amide bonds. The van der Waals surface area contributed by atoms with Crippen molar-refractivity contribution in [3.63, 3.8) is 0 Å². The lowest BCUT2D eigenvalue weighted by molar-refractivity contribution is 0.621. The van der Waals surface area contributed by atoms with Crippen molar-refractivity contribution in [2.45, 2.75) is 20.4 Å². The van der Waals surface area contributed by atoms with Gasteiger partial charge in [-0.05, 0) is 48.0 Å². The van der Waals surface area contributed by atoms with Gasteiger partial charge in [0.1, 0.15) is 11.6 Å². The summed E-state index contributed by atoms with van der Waals surface area (Å²) >= 11 is 3.15. The minimum atomic E-state index is -0.264. The van der Waals surface area contributed by atoms with Crippen molar-refractivity contribution in [1.29, 1.82) is 0 Å². The maximum Gasteiger partial charge on any atom is 0.137 e. The molecule has 0 fully saturated rings. The number of aromatic amines is 1. The van der Waals surface area contributed by atoms with Crippen molar-refractivity contribution in [3.05, 3.63) is 45.7 Å². The molecule has 3 nitrogen and oxygen atoms in total. The predicted molar refractivity (Wildman–Crippen MR) is 69.5 cm³/mol. The SMILES string of the molecule is Cc1nc(CNc2ccc(F)c(Br)c2)[nH]c1C. The van der Waals surface area contributed by atoms with Gasteiger partial charge in [-0.15, -0.1) is 0 Å². The largest absolute Gasteiger partial charge is 0.378 e. The molecule has 0 spiro atoms. The fourth-order valence-corrected chi connectivity index (χ4v) is 1.88. The maximum absolute atomic E-state index is 13.0. The molecule has 0 unspecified atom stereocenters. The number of anilines is 1. The van der Waals surface area contributed by atoms with E-state index in [0.29, 0.717) is 11.0 Å². The monoisotopic (exact) mass is 297 g/mol. The standard InChI is InChI=1S/C12H13BrFN3/c1-7-8(2)17-12(16-7)6-15-9-3-4-11(14)10(13)5-9/h3-5,15H,6H2,1-2H3,(H,16,17). The van der Waals surface area contributed by atoms with E-state index in [4.69, 9.17) is 0 Å². The molecular weight excluding hydrogens is 285 g/mol. The minimum absolute atomic E-state index is 0.264.